The molecule has 10 heteroatoms. The number of hydrogen-bond acceptors (Lipinski definition) is 7. The average molecular weight is 459 g/mol. The van der Waals surface area contributed by atoms with Crippen molar-refractivity contribution >= 4 is 52.2 Å². The van der Waals surface area contributed by atoms with Crippen LogP contribution in [0.15, 0.2) is 53.4 Å². The number of amides is 2. The molecule has 0 saturated carbocycles. The number of thiocarbonyl (C=S) groups is 1. The number of nitrogens with one attached hydrogen (secondary N) is 1. The van der Waals surface area contributed by atoms with E-state index >= 15 is 0 Å². The highest BCUT2D eigenvalue weighted by atomic mass is 32.2. The molecule has 0 radical (unpaired) electrons. The van der Waals surface area contributed by atoms with Gasteiger partial charge in [-0.1, -0.05) is 30.8 Å². The lowest BCUT2D eigenvalue weighted by Crippen LogP contribution is -2.44. The number of carbonyl (C=O) groups excluding carboxylic acids is 2. The molecule has 2 aromatic rings. The van der Waals surface area contributed by atoms with Gasteiger partial charge in [-0.15, -0.1) is 0 Å². The number of hydrazine groups is 1. The number of carboxylic acid groups (broad SMARTS) is 1. The molecule has 1 unspecified atom stereocenters. The second kappa shape index (κ2) is 9.63. The summed E-state index contributed by atoms with van der Waals surface area (Å²) in [5.41, 5.74) is 3.33. The van der Waals surface area contributed by atoms with Gasteiger partial charge in [0.25, 0.3) is 11.8 Å². The summed E-state index contributed by atoms with van der Waals surface area (Å²) >= 11 is 6.23. The smallest absolute Gasteiger partial charge is 0.344 e. The first-order valence-electron chi connectivity index (χ1n) is 9.16. The minimum Gasteiger partial charge on any atom is -0.508 e. The molecule has 8 nitrogen and oxygen atoms in total. The van der Waals surface area contributed by atoms with Crippen LogP contribution in [0.4, 0.5) is 0 Å². The van der Waals surface area contributed by atoms with E-state index in [4.69, 9.17) is 22.1 Å². The highest BCUT2D eigenvalue weighted by molar-refractivity contribution is 8.26. The van der Waals surface area contributed by atoms with Gasteiger partial charge in [-0.3, -0.25) is 15.0 Å². The van der Waals surface area contributed by atoms with Gasteiger partial charge in [0.15, 0.2) is 10.4 Å². The molecule has 1 aliphatic heterocycles. The lowest BCUT2D eigenvalue weighted by atomic mass is 10.2. The molecule has 160 valence electrons. The first-order valence-corrected chi connectivity index (χ1v) is 10.4. The SMILES string of the molecule is CCC(Oc1cccc(/C=C2\SC(=S)N(NC(=O)c3ccc(O)cc3)C2=O)c1)C(=O)O. The quantitative estimate of drug-likeness (QED) is 0.428. The van der Waals surface area contributed by atoms with E-state index in [1.807, 2.05) is 0 Å². The third kappa shape index (κ3) is 5.41. The van der Waals surface area contributed by atoms with Gasteiger partial charge in [0.2, 0.25) is 0 Å². The number of rotatable bonds is 7. The van der Waals surface area contributed by atoms with Gasteiger partial charge >= 0.3 is 5.97 Å². The average Bonchev–Trinajstić information content (AvgIpc) is 2.99. The van der Waals surface area contributed by atoms with Crippen molar-refractivity contribution in [3.05, 3.63) is 64.6 Å². The number of benzene rings is 2. The van der Waals surface area contributed by atoms with E-state index in [2.05, 4.69) is 5.43 Å². The van der Waals surface area contributed by atoms with Crippen LogP contribution in [0.2, 0.25) is 0 Å². The third-order valence-corrected chi connectivity index (χ3v) is 5.52. The normalized spacial score (nSPS) is 15.8. The molecule has 31 heavy (non-hydrogen) atoms. The van der Waals surface area contributed by atoms with E-state index in [9.17, 15) is 19.5 Å². The Balaban J connectivity index is 1.74. The van der Waals surface area contributed by atoms with Gasteiger partial charge in [0.05, 0.1) is 4.91 Å². The molecule has 0 aromatic heterocycles. The molecule has 1 saturated heterocycles. The van der Waals surface area contributed by atoms with E-state index in [0.717, 1.165) is 16.8 Å². The maximum Gasteiger partial charge on any atom is 0.344 e. The molecule has 0 bridgehead atoms. The van der Waals surface area contributed by atoms with Gasteiger partial charge < -0.3 is 14.9 Å². The molecular formula is C21H18N2O6S2. The summed E-state index contributed by atoms with van der Waals surface area (Å²) in [5, 5.41) is 19.5. The Labute approximate surface area is 187 Å². The second-order valence-corrected chi connectivity index (χ2v) is 8.11. The predicted octanol–water partition coefficient (Wildman–Crippen LogP) is 3.18. The molecule has 1 atom stereocenters. The molecule has 3 N–H and O–H groups in total. The number of carbonyl (C=O) groups is 3. The second-order valence-electron chi connectivity index (χ2n) is 6.43. The summed E-state index contributed by atoms with van der Waals surface area (Å²) in [6.45, 7) is 1.71. The van der Waals surface area contributed by atoms with E-state index in [1.165, 1.54) is 24.3 Å². The van der Waals surface area contributed by atoms with Gasteiger partial charge in [-0.05, 0) is 66.7 Å². The van der Waals surface area contributed by atoms with E-state index < -0.39 is 23.9 Å². The standard InChI is InChI=1S/C21H18N2O6S2/c1-2-16(20(27)28)29-15-5-3-4-12(10-15)11-17-19(26)23(21(30)31-17)22-18(25)13-6-8-14(24)9-7-13/h3-11,16,24H,2H2,1H3,(H,22,25)(H,27,28)/b17-11-. The number of phenols is 1. The van der Waals surface area contributed by atoms with Crippen molar-refractivity contribution in [3.63, 3.8) is 0 Å². The van der Waals surface area contributed by atoms with Crippen LogP contribution in [-0.4, -0.2) is 43.4 Å². The van der Waals surface area contributed by atoms with Gasteiger partial charge in [0.1, 0.15) is 11.5 Å². The van der Waals surface area contributed by atoms with Crippen LogP contribution in [0, 0.1) is 0 Å². The van der Waals surface area contributed by atoms with Crippen LogP contribution < -0.4 is 10.2 Å². The minimum atomic E-state index is -1.06. The summed E-state index contributed by atoms with van der Waals surface area (Å²) in [6, 6.07) is 12.2. The number of carboxylic acids is 1. The Kier molecular flexibility index (Phi) is 6.93. The Morgan fingerprint density at radius 2 is 1.97 bits per heavy atom. The topological polar surface area (TPSA) is 116 Å². The van der Waals surface area contributed by atoms with Crippen LogP contribution >= 0.6 is 24.0 Å². The molecule has 0 aliphatic carbocycles. The zero-order chi connectivity index (χ0) is 22.5. The van der Waals surface area contributed by atoms with Crippen molar-refractivity contribution in [2.45, 2.75) is 19.4 Å². The predicted molar refractivity (Wildman–Crippen MR) is 119 cm³/mol. The first kappa shape index (κ1) is 22.3. The molecule has 1 heterocycles. The maximum absolute atomic E-state index is 12.7. The monoisotopic (exact) mass is 458 g/mol. The molecule has 1 fully saturated rings. The highest BCUT2D eigenvalue weighted by Crippen LogP contribution is 2.32. The first-order chi connectivity index (χ1) is 14.8. The van der Waals surface area contributed by atoms with Crippen molar-refractivity contribution in [2.24, 2.45) is 0 Å². The van der Waals surface area contributed by atoms with Crippen LogP contribution in [-0.2, 0) is 9.59 Å². The molecule has 1 aliphatic rings. The Morgan fingerprint density at radius 1 is 1.26 bits per heavy atom. The van der Waals surface area contributed by atoms with Crippen LogP contribution in [0.3, 0.4) is 0 Å². The van der Waals surface area contributed by atoms with Crippen molar-refractivity contribution in [1.82, 2.24) is 10.4 Å². The number of ether oxygens (including phenoxy) is 1. The molecule has 3 rings (SSSR count). The zero-order valence-corrected chi connectivity index (χ0v) is 17.9. The molecule has 0 spiro atoms. The maximum atomic E-state index is 12.7. The Morgan fingerprint density at radius 3 is 2.61 bits per heavy atom. The number of thioether (sulfide) groups is 1. The summed E-state index contributed by atoms with van der Waals surface area (Å²) in [5.74, 6) is -1.72. The largest absolute Gasteiger partial charge is 0.508 e. The lowest BCUT2D eigenvalue weighted by Gasteiger charge is -2.15. The van der Waals surface area contributed by atoms with Crippen molar-refractivity contribution in [1.29, 1.82) is 0 Å². The van der Waals surface area contributed by atoms with Gasteiger partial charge in [0, 0.05) is 5.56 Å². The Hall–Kier alpha value is -3.37. The van der Waals surface area contributed by atoms with E-state index in [0.29, 0.717) is 22.6 Å². The van der Waals surface area contributed by atoms with E-state index in [1.54, 1.807) is 37.3 Å². The summed E-state index contributed by atoms with van der Waals surface area (Å²) in [7, 11) is 0. The molecule has 2 aromatic carbocycles. The summed E-state index contributed by atoms with van der Waals surface area (Å²) in [4.78, 5) is 36.5. The highest BCUT2D eigenvalue weighted by Gasteiger charge is 2.33. The van der Waals surface area contributed by atoms with Crippen LogP contribution in [0.25, 0.3) is 6.08 Å². The summed E-state index contributed by atoms with van der Waals surface area (Å²) < 4.78 is 5.64. The minimum absolute atomic E-state index is 0.0184. The number of hydrogen-bond donors (Lipinski definition) is 3. The molecule has 2 amide bonds. The van der Waals surface area contributed by atoms with Crippen LogP contribution in [0.5, 0.6) is 11.5 Å². The Bertz CT molecular complexity index is 1070. The van der Waals surface area contributed by atoms with Crippen molar-refractivity contribution in [2.75, 3.05) is 0 Å². The van der Waals surface area contributed by atoms with Gasteiger partial charge in [-0.25, -0.2) is 4.79 Å². The third-order valence-electron chi connectivity index (χ3n) is 4.22. The van der Waals surface area contributed by atoms with Crippen molar-refractivity contribution < 1.29 is 29.3 Å². The lowest BCUT2D eigenvalue weighted by molar-refractivity contribution is -0.145. The van der Waals surface area contributed by atoms with Crippen LogP contribution in [0.1, 0.15) is 29.3 Å². The van der Waals surface area contributed by atoms with Crippen molar-refractivity contribution in [3.8, 4) is 11.5 Å². The fourth-order valence-electron chi connectivity index (χ4n) is 2.64. The number of phenolic OH excluding ortho intramolecular Hbond substituents is 1. The zero-order valence-electron chi connectivity index (χ0n) is 16.3. The molecular weight excluding hydrogens is 440 g/mol. The van der Waals surface area contributed by atoms with E-state index in [-0.39, 0.29) is 15.6 Å². The summed E-state index contributed by atoms with van der Waals surface area (Å²) in [6.07, 6.45) is 0.920. The van der Waals surface area contributed by atoms with Gasteiger partial charge in [-0.2, -0.15) is 5.01 Å². The number of aromatic hydroxyl groups is 1. The fraction of sp³-hybridized carbons (Fsp3) is 0.143. The number of aliphatic carboxylic acids is 1. The fourth-order valence-corrected chi connectivity index (χ4v) is 3.82. The number of nitrogens with zero attached hydrogens (tertiary/aromatic N) is 1.